The van der Waals surface area contributed by atoms with Gasteiger partial charge in [-0.15, -0.1) is 6.58 Å². The number of hydrogen-bond acceptors (Lipinski definition) is 1. The van der Waals surface area contributed by atoms with Crippen molar-refractivity contribution in [1.82, 2.24) is 0 Å². The topological polar surface area (TPSA) is 9.23 Å². The van der Waals surface area contributed by atoms with Gasteiger partial charge in [0.25, 0.3) is 0 Å². The average Bonchev–Trinajstić information content (AvgIpc) is 2.47. The third-order valence-electron chi connectivity index (χ3n) is 3.34. The number of unbranched alkanes of at least 4 members (excludes halogenated alkanes) is 3. The third kappa shape index (κ3) is 9.33. The van der Waals surface area contributed by atoms with E-state index in [1.807, 2.05) is 12.1 Å². The summed E-state index contributed by atoms with van der Waals surface area (Å²) in [7, 11) is 0. The van der Waals surface area contributed by atoms with Crippen molar-refractivity contribution in [2.24, 2.45) is 0 Å². The van der Waals surface area contributed by atoms with Gasteiger partial charge in [-0.25, -0.2) is 0 Å². The second-order valence-corrected chi connectivity index (χ2v) is 6.50. The number of hydrogen-bond donors (Lipinski definition) is 0. The highest BCUT2D eigenvalue weighted by Crippen LogP contribution is 2.17. The summed E-state index contributed by atoms with van der Waals surface area (Å²) in [6.45, 7) is 5.37. The van der Waals surface area contributed by atoms with Gasteiger partial charge in [0.1, 0.15) is 0 Å². The first-order valence-corrected chi connectivity index (χ1v) is 8.61. The van der Waals surface area contributed by atoms with Crippen molar-refractivity contribution in [3.8, 4) is 0 Å². The van der Waals surface area contributed by atoms with E-state index in [2.05, 4.69) is 46.8 Å². The van der Waals surface area contributed by atoms with Gasteiger partial charge >= 0.3 is 0 Å². The maximum atomic E-state index is 5.68. The van der Waals surface area contributed by atoms with Crippen LogP contribution in [-0.2, 0) is 11.3 Å². The standard InChI is InChI=1S/C18H27BrO/c1-2-3-6-13-18(19)14-9-5-10-15-20-16-17-11-7-4-8-12-17/h2,4,7-8,11-12,18H,1,3,5-6,9-10,13-16H2. The smallest absolute Gasteiger partial charge is 0.0716 e. The molecule has 0 spiro atoms. The van der Waals surface area contributed by atoms with Crippen molar-refractivity contribution >= 4 is 15.9 Å². The minimum Gasteiger partial charge on any atom is -0.377 e. The summed E-state index contributed by atoms with van der Waals surface area (Å²) in [5.41, 5.74) is 1.26. The summed E-state index contributed by atoms with van der Waals surface area (Å²) in [6.07, 6.45) is 10.6. The molecule has 0 bridgehead atoms. The van der Waals surface area contributed by atoms with Crippen LogP contribution in [0.15, 0.2) is 43.0 Å². The Labute approximate surface area is 132 Å². The lowest BCUT2D eigenvalue weighted by Gasteiger charge is -2.09. The molecule has 0 heterocycles. The zero-order valence-corrected chi connectivity index (χ0v) is 14.0. The van der Waals surface area contributed by atoms with E-state index in [4.69, 9.17) is 4.74 Å². The van der Waals surface area contributed by atoms with E-state index in [-0.39, 0.29) is 0 Å². The fraction of sp³-hybridized carbons (Fsp3) is 0.556. The van der Waals surface area contributed by atoms with Crippen LogP contribution in [0.2, 0.25) is 0 Å². The van der Waals surface area contributed by atoms with Crippen molar-refractivity contribution in [2.45, 2.75) is 56.4 Å². The molecule has 0 aliphatic rings. The Balaban J connectivity index is 1.88. The summed E-state index contributed by atoms with van der Waals surface area (Å²) >= 11 is 3.76. The maximum absolute atomic E-state index is 5.68. The molecular weight excluding hydrogens is 312 g/mol. The summed E-state index contributed by atoms with van der Waals surface area (Å²) in [5.74, 6) is 0. The predicted octanol–water partition coefficient (Wildman–Crippen LogP) is 5.88. The lowest BCUT2D eigenvalue weighted by Crippen LogP contribution is -1.99. The van der Waals surface area contributed by atoms with Crippen molar-refractivity contribution in [1.29, 1.82) is 0 Å². The van der Waals surface area contributed by atoms with E-state index in [9.17, 15) is 0 Å². The molecule has 0 saturated heterocycles. The summed E-state index contributed by atoms with van der Waals surface area (Å²) in [4.78, 5) is 0.674. The Morgan fingerprint density at radius 2 is 1.80 bits per heavy atom. The number of allylic oxidation sites excluding steroid dienone is 1. The van der Waals surface area contributed by atoms with Gasteiger partial charge in [-0.2, -0.15) is 0 Å². The van der Waals surface area contributed by atoms with Gasteiger partial charge in [-0.05, 0) is 37.7 Å². The number of benzene rings is 1. The van der Waals surface area contributed by atoms with E-state index in [0.29, 0.717) is 4.83 Å². The highest BCUT2D eigenvalue weighted by Gasteiger charge is 2.02. The summed E-state index contributed by atoms with van der Waals surface area (Å²) in [5, 5.41) is 0. The van der Waals surface area contributed by atoms with Gasteiger partial charge in [0, 0.05) is 11.4 Å². The van der Waals surface area contributed by atoms with E-state index >= 15 is 0 Å². The van der Waals surface area contributed by atoms with E-state index < -0.39 is 0 Å². The number of rotatable bonds is 12. The molecular formula is C18H27BrO. The molecule has 1 atom stereocenters. The minimum absolute atomic E-state index is 0.674. The molecule has 0 amide bonds. The third-order valence-corrected chi connectivity index (χ3v) is 4.26. The lowest BCUT2D eigenvalue weighted by molar-refractivity contribution is 0.116. The van der Waals surface area contributed by atoms with Crippen molar-refractivity contribution < 1.29 is 4.74 Å². The molecule has 20 heavy (non-hydrogen) atoms. The number of alkyl halides is 1. The van der Waals surface area contributed by atoms with Crippen LogP contribution in [0.25, 0.3) is 0 Å². The SMILES string of the molecule is C=CCCCC(Br)CCCCCOCc1ccccc1. The largest absolute Gasteiger partial charge is 0.377 e. The first-order valence-electron chi connectivity index (χ1n) is 7.69. The molecule has 0 saturated carbocycles. The average molecular weight is 339 g/mol. The van der Waals surface area contributed by atoms with Crippen LogP contribution in [-0.4, -0.2) is 11.4 Å². The fourth-order valence-electron chi connectivity index (χ4n) is 2.14. The Morgan fingerprint density at radius 3 is 2.55 bits per heavy atom. The van der Waals surface area contributed by atoms with Crippen LogP contribution in [0.5, 0.6) is 0 Å². The van der Waals surface area contributed by atoms with Gasteiger partial charge in [0.15, 0.2) is 0 Å². The van der Waals surface area contributed by atoms with Crippen molar-refractivity contribution in [3.63, 3.8) is 0 Å². The first-order chi connectivity index (χ1) is 9.83. The van der Waals surface area contributed by atoms with Crippen LogP contribution < -0.4 is 0 Å². The molecule has 1 unspecified atom stereocenters. The van der Waals surface area contributed by atoms with E-state index in [0.717, 1.165) is 19.6 Å². The molecule has 0 aromatic heterocycles. The zero-order chi connectivity index (χ0) is 14.5. The quantitative estimate of drug-likeness (QED) is 0.262. The monoisotopic (exact) mass is 338 g/mol. The van der Waals surface area contributed by atoms with Gasteiger partial charge in [0.2, 0.25) is 0 Å². The van der Waals surface area contributed by atoms with Crippen LogP contribution in [0.1, 0.15) is 50.5 Å². The molecule has 1 aromatic carbocycles. The van der Waals surface area contributed by atoms with Gasteiger partial charge in [0.05, 0.1) is 6.61 Å². The van der Waals surface area contributed by atoms with Crippen LogP contribution in [0.4, 0.5) is 0 Å². The Kier molecular flexibility index (Phi) is 10.6. The second kappa shape index (κ2) is 12.2. The maximum Gasteiger partial charge on any atom is 0.0716 e. The predicted molar refractivity (Wildman–Crippen MR) is 91.3 cm³/mol. The molecule has 112 valence electrons. The van der Waals surface area contributed by atoms with E-state index in [1.165, 1.54) is 44.1 Å². The molecule has 1 nitrogen and oxygen atoms in total. The first kappa shape index (κ1) is 17.5. The number of halogens is 1. The van der Waals surface area contributed by atoms with Crippen LogP contribution >= 0.6 is 15.9 Å². The number of ether oxygens (including phenoxy) is 1. The Bertz CT molecular complexity index is 337. The van der Waals surface area contributed by atoms with Gasteiger partial charge in [-0.1, -0.05) is 65.2 Å². The molecule has 2 heteroatoms. The highest BCUT2D eigenvalue weighted by molar-refractivity contribution is 9.09. The molecule has 0 aliphatic carbocycles. The van der Waals surface area contributed by atoms with Crippen molar-refractivity contribution in [2.75, 3.05) is 6.61 Å². The van der Waals surface area contributed by atoms with Crippen LogP contribution in [0, 0.1) is 0 Å². The molecule has 0 fully saturated rings. The Morgan fingerprint density at radius 1 is 1.05 bits per heavy atom. The summed E-state index contributed by atoms with van der Waals surface area (Å²) < 4.78 is 5.68. The van der Waals surface area contributed by atoms with Gasteiger partial charge < -0.3 is 4.74 Å². The molecule has 1 aromatic rings. The normalized spacial score (nSPS) is 12.2. The molecule has 1 rings (SSSR count). The van der Waals surface area contributed by atoms with Gasteiger partial charge in [-0.3, -0.25) is 0 Å². The van der Waals surface area contributed by atoms with E-state index in [1.54, 1.807) is 0 Å². The summed E-state index contributed by atoms with van der Waals surface area (Å²) in [6, 6.07) is 10.4. The van der Waals surface area contributed by atoms with Crippen LogP contribution in [0.3, 0.4) is 0 Å². The molecule has 0 radical (unpaired) electrons. The highest BCUT2D eigenvalue weighted by atomic mass is 79.9. The second-order valence-electron chi connectivity index (χ2n) is 5.20. The van der Waals surface area contributed by atoms with Crippen molar-refractivity contribution in [3.05, 3.63) is 48.6 Å². The lowest BCUT2D eigenvalue weighted by atomic mass is 10.1. The molecule has 0 aliphatic heterocycles. The zero-order valence-electron chi connectivity index (χ0n) is 12.4. The molecule has 0 N–H and O–H groups in total. The Hall–Kier alpha value is -0.600. The fourth-order valence-corrected chi connectivity index (χ4v) is 2.79. The minimum atomic E-state index is 0.674.